The quantitative estimate of drug-likeness (QED) is 0.776. The van der Waals surface area contributed by atoms with Gasteiger partial charge in [-0.3, -0.25) is 0 Å². The smallest absolute Gasteiger partial charge is 0.327 e. The molecule has 21 heavy (non-hydrogen) atoms. The fourth-order valence-corrected chi connectivity index (χ4v) is 4.08. The fourth-order valence-electron chi connectivity index (χ4n) is 2.92. The highest BCUT2D eigenvalue weighted by Gasteiger charge is 2.31. The monoisotopic (exact) mass is 314 g/mol. The van der Waals surface area contributed by atoms with Gasteiger partial charge in [0.05, 0.1) is 20.8 Å². The van der Waals surface area contributed by atoms with Crippen molar-refractivity contribution in [3.8, 4) is 0 Å². The molecule has 2 unspecified atom stereocenters. The van der Waals surface area contributed by atoms with E-state index in [9.17, 15) is 13.2 Å². The number of nitrogens with zero attached hydrogens (tertiary/aromatic N) is 1. The number of halogens is 3. The van der Waals surface area contributed by atoms with Crippen LogP contribution in [0.2, 0.25) is 0 Å². The minimum Gasteiger partial charge on any atom is -0.327 e. The van der Waals surface area contributed by atoms with Gasteiger partial charge in [0.25, 0.3) is 0 Å². The molecule has 2 N–H and O–H groups in total. The van der Waals surface area contributed by atoms with E-state index in [4.69, 9.17) is 5.73 Å². The number of thiazole rings is 1. The van der Waals surface area contributed by atoms with Gasteiger partial charge in [-0.25, -0.2) is 4.98 Å². The molecule has 2 atom stereocenters. The van der Waals surface area contributed by atoms with E-state index in [2.05, 4.69) is 4.98 Å². The number of hydrogen-bond acceptors (Lipinski definition) is 3. The van der Waals surface area contributed by atoms with Crippen molar-refractivity contribution in [3.63, 3.8) is 0 Å². The van der Waals surface area contributed by atoms with E-state index in [1.54, 1.807) is 0 Å². The summed E-state index contributed by atoms with van der Waals surface area (Å²) in [6.07, 6.45) is 1.04. The fraction of sp³-hybridized carbons (Fsp3) is 0.533. The van der Waals surface area contributed by atoms with Crippen LogP contribution in [0.25, 0.3) is 10.2 Å². The summed E-state index contributed by atoms with van der Waals surface area (Å²) in [4.78, 5) is 4.44. The van der Waals surface area contributed by atoms with Gasteiger partial charge in [-0.2, -0.15) is 13.2 Å². The first kappa shape index (κ1) is 14.8. The lowest BCUT2D eigenvalue weighted by Crippen LogP contribution is -2.27. The van der Waals surface area contributed by atoms with Crippen LogP contribution in [0.4, 0.5) is 13.2 Å². The van der Waals surface area contributed by atoms with Gasteiger partial charge in [0.2, 0.25) is 0 Å². The van der Waals surface area contributed by atoms with Crippen LogP contribution in [0, 0.1) is 0 Å². The molecular weight excluding hydrogens is 297 g/mol. The Bertz CT molecular complexity index is 635. The van der Waals surface area contributed by atoms with Gasteiger partial charge >= 0.3 is 6.18 Å². The normalized spacial score (nSPS) is 24.2. The van der Waals surface area contributed by atoms with Gasteiger partial charge in [-0.15, -0.1) is 11.3 Å². The molecule has 0 bridgehead atoms. The van der Waals surface area contributed by atoms with Crippen molar-refractivity contribution in [3.05, 3.63) is 28.8 Å². The maximum absolute atomic E-state index is 12.7. The van der Waals surface area contributed by atoms with Crippen LogP contribution in [0.1, 0.15) is 48.6 Å². The van der Waals surface area contributed by atoms with Gasteiger partial charge in [0, 0.05) is 12.0 Å². The third-order valence-electron chi connectivity index (χ3n) is 4.12. The highest BCUT2D eigenvalue weighted by Crippen LogP contribution is 2.37. The molecule has 1 aromatic heterocycles. The molecule has 2 aromatic rings. The summed E-state index contributed by atoms with van der Waals surface area (Å²) in [6, 6.07) is 3.84. The molecule has 0 saturated heterocycles. The van der Waals surface area contributed by atoms with E-state index in [0.29, 0.717) is 5.52 Å². The van der Waals surface area contributed by atoms with Crippen LogP contribution in [-0.2, 0) is 6.18 Å². The largest absolute Gasteiger partial charge is 0.416 e. The summed E-state index contributed by atoms with van der Waals surface area (Å²) in [5.41, 5.74) is 6.01. The lowest BCUT2D eigenvalue weighted by atomic mass is 9.96. The van der Waals surface area contributed by atoms with Crippen molar-refractivity contribution >= 4 is 21.6 Å². The van der Waals surface area contributed by atoms with Crippen LogP contribution in [-0.4, -0.2) is 11.0 Å². The maximum Gasteiger partial charge on any atom is 0.416 e. The molecule has 114 valence electrons. The van der Waals surface area contributed by atoms with Crippen LogP contribution in [0.15, 0.2) is 18.2 Å². The lowest BCUT2D eigenvalue weighted by Gasteiger charge is -2.18. The first-order chi connectivity index (χ1) is 9.95. The van der Waals surface area contributed by atoms with E-state index >= 15 is 0 Å². The zero-order valence-electron chi connectivity index (χ0n) is 11.5. The minimum atomic E-state index is -4.32. The van der Waals surface area contributed by atoms with Crippen molar-refractivity contribution in [2.45, 2.75) is 50.2 Å². The molecule has 3 rings (SSSR count). The predicted molar refractivity (Wildman–Crippen MR) is 78.4 cm³/mol. The molecule has 1 heterocycles. The maximum atomic E-state index is 12.7. The van der Waals surface area contributed by atoms with E-state index in [0.717, 1.165) is 47.5 Å². The molecule has 1 aliphatic rings. The van der Waals surface area contributed by atoms with Crippen molar-refractivity contribution < 1.29 is 13.2 Å². The van der Waals surface area contributed by atoms with Gasteiger partial charge in [0.1, 0.15) is 0 Å². The van der Waals surface area contributed by atoms with Gasteiger partial charge in [-0.05, 0) is 31.0 Å². The standard InChI is InChI=1S/C15H17F3N2S/c16-15(17,18)9-6-7-13-12(8-9)20-14(21-13)10-4-2-1-3-5-11(10)19/h6-8,10-11H,1-5,19H2. The third-order valence-corrected chi connectivity index (χ3v) is 5.29. The number of aromatic nitrogens is 1. The first-order valence-electron chi connectivity index (χ1n) is 7.18. The number of rotatable bonds is 1. The molecule has 0 aliphatic heterocycles. The molecule has 1 aromatic carbocycles. The molecule has 1 saturated carbocycles. The SMILES string of the molecule is NC1CCCCCC1c1nc2cc(C(F)(F)F)ccc2s1. The summed E-state index contributed by atoms with van der Waals surface area (Å²) in [5, 5.41) is 0.888. The van der Waals surface area contributed by atoms with Gasteiger partial charge in [0.15, 0.2) is 0 Å². The Kier molecular flexibility index (Phi) is 3.92. The number of alkyl halides is 3. The Balaban J connectivity index is 1.96. The minimum absolute atomic E-state index is 0.0650. The molecule has 0 amide bonds. The van der Waals surface area contributed by atoms with Crippen molar-refractivity contribution in [1.82, 2.24) is 4.98 Å². The van der Waals surface area contributed by atoms with E-state index in [1.165, 1.54) is 23.8 Å². The van der Waals surface area contributed by atoms with Crippen molar-refractivity contribution in [1.29, 1.82) is 0 Å². The summed E-state index contributed by atoms with van der Waals surface area (Å²) in [5.74, 6) is 0.180. The summed E-state index contributed by atoms with van der Waals surface area (Å²) in [7, 11) is 0. The lowest BCUT2D eigenvalue weighted by molar-refractivity contribution is -0.137. The van der Waals surface area contributed by atoms with Crippen LogP contribution in [0.3, 0.4) is 0 Å². The Morgan fingerprint density at radius 1 is 1.14 bits per heavy atom. The van der Waals surface area contributed by atoms with Crippen LogP contribution < -0.4 is 5.73 Å². The number of fused-ring (bicyclic) bond motifs is 1. The Hall–Kier alpha value is -1.14. The summed E-state index contributed by atoms with van der Waals surface area (Å²) >= 11 is 1.48. The molecule has 0 spiro atoms. The number of benzene rings is 1. The zero-order valence-corrected chi connectivity index (χ0v) is 12.3. The second-order valence-corrected chi connectivity index (χ2v) is 6.70. The van der Waals surface area contributed by atoms with E-state index in [1.807, 2.05) is 0 Å². The molecule has 1 fully saturated rings. The molecule has 1 aliphatic carbocycles. The van der Waals surface area contributed by atoms with Gasteiger partial charge < -0.3 is 5.73 Å². The highest BCUT2D eigenvalue weighted by molar-refractivity contribution is 7.18. The van der Waals surface area contributed by atoms with E-state index < -0.39 is 11.7 Å². The van der Waals surface area contributed by atoms with Crippen LogP contribution in [0.5, 0.6) is 0 Å². The molecule has 6 heteroatoms. The summed E-state index contributed by atoms with van der Waals surface area (Å²) in [6.45, 7) is 0. The Labute approximate surface area is 125 Å². The molecule has 2 nitrogen and oxygen atoms in total. The topological polar surface area (TPSA) is 38.9 Å². The predicted octanol–water partition coefficient (Wildman–Crippen LogP) is 4.69. The summed E-state index contributed by atoms with van der Waals surface area (Å²) < 4.78 is 39.0. The zero-order chi connectivity index (χ0) is 15.0. The second kappa shape index (κ2) is 5.57. The Morgan fingerprint density at radius 2 is 1.90 bits per heavy atom. The second-order valence-electron chi connectivity index (χ2n) is 5.64. The Morgan fingerprint density at radius 3 is 2.67 bits per heavy atom. The first-order valence-corrected chi connectivity index (χ1v) is 8.00. The average Bonchev–Trinajstić information content (AvgIpc) is 2.72. The number of nitrogens with two attached hydrogens (primary N) is 1. The van der Waals surface area contributed by atoms with Crippen molar-refractivity contribution in [2.75, 3.05) is 0 Å². The van der Waals surface area contributed by atoms with Crippen LogP contribution >= 0.6 is 11.3 Å². The van der Waals surface area contributed by atoms with E-state index in [-0.39, 0.29) is 12.0 Å². The van der Waals surface area contributed by atoms with Gasteiger partial charge in [-0.1, -0.05) is 19.3 Å². The molecule has 0 radical (unpaired) electrons. The third kappa shape index (κ3) is 3.06. The average molecular weight is 314 g/mol. The van der Waals surface area contributed by atoms with Crippen molar-refractivity contribution in [2.24, 2.45) is 5.73 Å². The highest BCUT2D eigenvalue weighted by atomic mass is 32.1. The molecular formula is C15H17F3N2S. The number of hydrogen-bond donors (Lipinski definition) is 1.